The molecule has 0 saturated heterocycles. The molecular formula is C20H17ClN2O. The number of pyridine rings is 1. The molecule has 4 aromatic rings. The van der Waals surface area contributed by atoms with Crippen LogP contribution < -0.4 is 5.32 Å². The number of hydrogen-bond donors (Lipinski definition) is 1. The van der Waals surface area contributed by atoms with Gasteiger partial charge in [-0.15, -0.1) is 12.4 Å². The average Bonchev–Trinajstić information content (AvgIpc) is 3.11. The van der Waals surface area contributed by atoms with Crippen molar-refractivity contribution in [2.24, 2.45) is 0 Å². The third-order valence-electron chi connectivity index (χ3n) is 3.82. The highest BCUT2D eigenvalue weighted by Crippen LogP contribution is 2.30. The molecule has 0 unspecified atom stereocenters. The van der Waals surface area contributed by atoms with Gasteiger partial charge in [0.25, 0.3) is 0 Å². The molecule has 4 rings (SSSR count). The minimum absolute atomic E-state index is 0. The topological polar surface area (TPSA) is 38.1 Å². The minimum atomic E-state index is 0. The fourth-order valence-corrected chi connectivity index (χ4v) is 2.62. The number of benzene rings is 2. The van der Waals surface area contributed by atoms with Gasteiger partial charge in [-0.3, -0.25) is 0 Å². The van der Waals surface area contributed by atoms with Gasteiger partial charge < -0.3 is 9.73 Å². The van der Waals surface area contributed by atoms with E-state index in [1.165, 1.54) is 5.56 Å². The van der Waals surface area contributed by atoms with Crippen LogP contribution in [-0.4, -0.2) is 4.98 Å². The molecule has 1 N–H and O–H groups in total. The van der Waals surface area contributed by atoms with Gasteiger partial charge in [0.2, 0.25) is 0 Å². The highest BCUT2D eigenvalue weighted by atomic mass is 35.5. The summed E-state index contributed by atoms with van der Waals surface area (Å²) in [5.41, 5.74) is 5.08. The molecule has 24 heavy (non-hydrogen) atoms. The molecule has 0 aliphatic carbocycles. The number of aromatic nitrogens is 1. The Morgan fingerprint density at radius 1 is 0.917 bits per heavy atom. The van der Waals surface area contributed by atoms with Crippen LogP contribution in [0.3, 0.4) is 0 Å². The SMILES string of the molecule is Cc1ccc(Nc2cc(-c3ccco3)nc3ccccc23)cc1.Cl. The minimum Gasteiger partial charge on any atom is -0.463 e. The summed E-state index contributed by atoms with van der Waals surface area (Å²) < 4.78 is 5.50. The Hall–Kier alpha value is -2.78. The first-order chi connectivity index (χ1) is 11.3. The van der Waals surface area contributed by atoms with Crippen LogP contribution in [0.15, 0.2) is 77.4 Å². The fourth-order valence-electron chi connectivity index (χ4n) is 2.62. The van der Waals surface area contributed by atoms with E-state index in [0.717, 1.165) is 33.7 Å². The molecule has 0 atom stereocenters. The van der Waals surface area contributed by atoms with E-state index in [0.29, 0.717) is 0 Å². The van der Waals surface area contributed by atoms with E-state index in [2.05, 4.69) is 42.6 Å². The Morgan fingerprint density at radius 2 is 1.71 bits per heavy atom. The van der Waals surface area contributed by atoms with E-state index in [1.807, 2.05) is 36.4 Å². The Kier molecular flexibility index (Phi) is 4.54. The number of para-hydroxylation sites is 1. The Bertz CT molecular complexity index is 947. The van der Waals surface area contributed by atoms with Gasteiger partial charge in [0.05, 0.1) is 17.5 Å². The predicted molar refractivity (Wildman–Crippen MR) is 101 cm³/mol. The Balaban J connectivity index is 0.00000169. The number of anilines is 2. The van der Waals surface area contributed by atoms with Gasteiger partial charge in [-0.1, -0.05) is 35.9 Å². The van der Waals surface area contributed by atoms with Gasteiger partial charge in [-0.25, -0.2) is 4.98 Å². The molecule has 0 saturated carbocycles. The number of halogens is 1. The molecule has 0 amide bonds. The van der Waals surface area contributed by atoms with Gasteiger partial charge in [-0.2, -0.15) is 0 Å². The van der Waals surface area contributed by atoms with Crippen molar-refractivity contribution in [2.75, 3.05) is 5.32 Å². The summed E-state index contributed by atoms with van der Waals surface area (Å²) in [5.74, 6) is 0.766. The third kappa shape index (κ3) is 3.12. The molecule has 2 aromatic carbocycles. The summed E-state index contributed by atoms with van der Waals surface area (Å²) in [6.45, 7) is 2.08. The third-order valence-corrected chi connectivity index (χ3v) is 3.82. The maximum Gasteiger partial charge on any atom is 0.152 e. The molecular weight excluding hydrogens is 320 g/mol. The van der Waals surface area contributed by atoms with Crippen molar-refractivity contribution in [1.82, 2.24) is 4.98 Å². The van der Waals surface area contributed by atoms with Crippen molar-refractivity contribution in [3.05, 3.63) is 78.6 Å². The molecule has 3 nitrogen and oxygen atoms in total. The number of fused-ring (bicyclic) bond motifs is 1. The van der Waals surface area contributed by atoms with E-state index in [-0.39, 0.29) is 12.4 Å². The first-order valence-electron chi connectivity index (χ1n) is 7.57. The second kappa shape index (κ2) is 6.77. The molecule has 4 heteroatoms. The van der Waals surface area contributed by atoms with Crippen molar-refractivity contribution in [2.45, 2.75) is 6.92 Å². The van der Waals surface area contributed by atoms with Gasteiger partial charge in [0, 0.05) is 11.1 Å². The largest absolute Gasteiger partial charge is 0.463 e. The molecule has 2 aromatic heterocycles. The van der Waals surface area contributed by atoms with Gasteiger partial charge >= 0.3 is 0 Å². The van der Waals surface area contributed by atoms with Crippen molar-refractivity contribution in [1.29, 1.82) is 0 Å². The number of hydrogen-bond acceptors (Lipinski definition) is 3. The van der Waals surface area contributed by atoms with Crippen LogP contribution in [0.4, 0.5) is 11.4 Å². The summed E-state index contributed by atoms with van der Waals surface area (Å²) in [4.78, 5) is 4.70. The smallest absolute Gasteiger partial charge is 0.152 e. The van der Waals surface area contributed by atoms with E-state index in [1.54, 1.807) is 6.26 Å². The number of nitrogens with zero attached hydrogens (tertiary/aromatic N) is 1. The summed E-state index contributed by atoms with van der Waals surface area (Å²) in [5, 5.41) is 4.58. The zero-order valence-corrected chi connectivity index (χ0v) is 14.0. The maximum atomic E-state index is 5.50. The van der Waals surface area contributed by atoms with E-state index in [4.69, 9.17) is 9.40 Å². The lowest BCUT2D eigenvalue weighted by Gasteiger charge is -2.11. The van der Waals surface area contributed by atoms with Gasteiger partial charge in [0.15, 0.2) is 5.76 Å². The second-order valence-electron chi connectivity index (χ2n) is 5.54. The first kappa shape index (κ1) is 16.1. The average molecular weight is 337 g/mol. The van der Waals surface area contributed by atoms with Crippen molar-refractivity contribution >= 4 is 34.7 Å². The van der Waals surface area contributed by atoms with Crippen LogP contribution in [0.2, 0.25) is 0 Å². The molecule has 2 heterocycles. The van der Waals surface area contributed by atoms with Crippen molar-refractivity contribution in [3.63, 3.8) is 0 Å². The zero-order chi connectivity index (χ0) is 15.6. The van der Waals surface area contributed by atoms with E-state index >= 15 is 0 Å². The van der Waals surface area contributed by atoms with Crippen LogP contribution in [-0.2, 0) is 0 Å². The second-order valence-corrected chi connectivity index (χ2v) is 5.54. The lowest BCUT2D eigenvalue weighted by atomic mass is 10.1. The molecule has 0 bridgehead atoms. The van der Waals surface area contributed by atoms with E-state index < -0.39 is 0 Å². The van der Waals surface area contributed by atoms with Crippen LogP contribution in [0.25, 0.3) is 22.4 Å². The quantitative estimate of drug-likeness (QED) is 0.501. The Labute approximate surface area is 146 Å². The monoisotopic (exact) mass is 336 g/mol. The lowest BCUT2D eigenvalue weighted by Crippen LogP contribution is -1.94. The summed E-state index contributed by atoms with van der Waals surface area (Å²) >= 11 is 0. The van der Waals surface area contributed by atoms with E-state index in [9.17, 15) is 0 Å². The van der Waals surface area contributed by atoms with Crippen molar-refractivity contribution < 1.29 is 4.42 Å². The highest BCUT2D eigenvalue weighted by molar-refractivity contribution is 5.95. The number of rotatable bonds is 3. The predicted octanol–water partition coefficient (Wildman–Crippen LogP) is 5.97. The molecule has 120 valence electrons. The lowest BCUT2D eigenvalue weighted by molar-refractivity contribution is 0.580. The van der Waals surface area contributed by atoms with Crippen LogP contribution >= 0.6 is 12.4 Å². The number of aryl methyl sites for hydroxylation is 1. The molecule has 0 fully saturated rings. The van der Waals surface area contributed by atoms with Crippen molar-refractivity contribution in [3.8, 4) is 11.5 Å². The summed E-state index contributed by atoms with van der Waals surface area (Å²) in [6, 6.07) is 22.3. The van der Waals surface area contributed by atoms with Gasteiger partial charge in [0.1, 0.15) is 5.69 Å². The molecule has 0 aliphatic heterocycles. The molecule has 0 spiro atoms. The Morgan fingerprint density at radius 3 is 2.46 bits per heavy atom. The number of nitrogens with one attached hydrogen (secondary N) is 1. The van der Waals surface area contributed by atoms with Crippen LogP contribution in [0.5, 0.6) is 0 Å². The summed E-state index contributed by atoms with van der Waals surface area (Å²) in [7, 11) is 0. The highest BCUT2D eigenvalue weighted by Gasteiger charge is 2.09. The normalized spacial score (nSPS) is 10.4. The van der Waals surface area contributed by atoms with Gasteiger partial charge in [-0.05, 0) is 43.3 Å². The number of furan rings is 1. The van der Waals surface area contributed by atoms with Crippen LogP contribution in [0.1, 0.15) is 5.56 Å². The molecule has 0 radical (unpaired) electrons. The van der Waals surface area contributed by atoms with Crippen LogP contribution in [0, 0.1) is 6.92 Å². The fraction of sp³-hybridized carbons (Fsp3) is 0.0500. The maximum absolute atomic E-state index is 5.50. The standard InChI is InChI=1S/C20H16N2O.ClH/c1-14-8-10-15(11-9-14)21-18-13-19(20-7-4-12-23-20)22-17-6-3-2-5-16(17)18;/h2-13H,1H3,(H,21,22);1H. The first-order valence-corrected chi connectivity index (χ1v) is 7.57. The zero-order valence-electron chi connectivity index (χ0n) is 13.2. The molecule has 0 aliphatic rings. The summed E-state index contributed by atoms with van der Waals surface area (Å²) in [6.07, 6.45) is 1.67.